The summed E-state index contributed by atoms with van der Waals surface area (Å²) in [6.45, 7) is 51.5. The monoisotopic (exact) mass is 1890 g/mol. The number of rotatable bonds is 5. The van der Waals surface area contributed by atoms with Crippen molar-refractivity contribution < 1.29 is 36.2 Å². The highest BCUT2D eigenvalue weighted by Crippen LogP contribution is 2.56. The maximum atomic E-state index is 15.1. The molecule has 4 bridgehead atoms. The van der Waals surface area contributed by atoms with E-state index < -0.39 is 0 Å². The molecule has 0 radical (unpaired) electrons. The SMILES string of the molecule is Cc1ccc2cc(C)[n+](C)c(-c3c(C)c(C)cc(C)c3F)c2c1.Cc1ccc2cc(C)[n+](C)c(-c3cc(C)c(F)c(C)c3C)c2c1.Cc1ccc2cc(C)[n+](C)c(-c3cc4c(cc3C)C3CCC4C3)c2c1.Cc1ccc2cc(C)[n+](C)c(-c3cc4c(cc3C)C3CCC4CC3)c2c1.Cc1ccc2cc(C)[n+](C)c(-c3cc4c(cc3C)CCC4)c2c1.Cc1cccc2c1-c1c3c(c(C)ccc3cc(C)[n+]1C)C2(C)C. The summed E-state index contributed by atoms with van der Waals surface area (Å²) in [7, 11) is 12.9. The molecular formula is C135H148F2N6+6. The molecule has 0 aliphatic heterocycles. The van der Waals surface area contributed by atoms with Crippen LogP contribution < -0.4 is 27.4 Å². The van der Waals surface area contributed by atoms with Crippen LogP contribution in [0.25, 0.3) is 132 Å². The van der Waals surface area contributed by atoms with E-state index in [1.54, 1.807) is 33.4 Å². The fourth-order valence-electron chi connectivity index (χ4n) is 25.8. The second-order valence-electron chi connectivity index (χ2n) is 44.7. The van der Waals surface area contributed by atoms with Crippen LogP contribution in [0.4, 0.5) is 8.78 Å². The normalized spacial score (nSPS) is 15.7. The van der Waals surface area contributed by atoms with Crippen molar-refractivity contribution >= 4 is 64.6 Å². The molecule has 2 atom stereocenters. The van der Waals surface area contributed by atoms with Gasteiger partial charge in [-0.2, -0.15) is 27.4 Å². The summed E-state index contributed by atoms with van der Waals surface area (Å²) in [4.78, 5) is 0. The zero-order valence-electron chi connectivity index (χ0n) is 90.9. The van der Waals surface area contributed by atoms with Gasteiger partial charge in [0.2, 0.25) is 34.2 Å². The highest BCUT2D eigenvalue weighted by molar-refractivity contribution is 6.03. The number of fused-ring (bicyclic) bond motifs is 15. The number of aryl methyl sites for hydroxylation is 21. The lowest BCUT2D eigenvalue weighted by Crippen LogP contribution is -2.39. The van der Waals surface area contributed by atoms with Crippen LogP contribution in [0.1, 0.15) is 257 Å². The third kappa shape index (κ3) is 17.6. The first-order valence-corrected chi connectivity index (χ1v) is 52.6. The van der Waals surface area contributed by atoms with Gasteiger partial charge in [0, 0.05) is 83.4 Å². The van der Waals surface area contributed by atoms with Crippen LogP contribution >= 0.6 is 0 Å². The van der Waals surface area contributed by atoms with E-state index in [0.717, 1.165) is 84.9 Å². The lowest BCUT2D eigenvalue weighted by Gasteiger charge is -2.38. The van der Waals surface area contributed by atoms with Crippen molar-refractivity contribution in [1.29, 1.82) is 0 Å². The average molecular weight is 1890 g/mol. The van der Waals surface area contributed by atoms with E-state index in [2.05, 4.69) is 388 Å². The number of aromatic nitrogens is 6. The molecule has 7 aliphatic rings. The van der Waals surface area contributed by atoms with Crippen LogP contribution in [0.5, 0.6) is 0 Å². The minimum atomic E-state index is -0.114. The number of pyridine rings is 6. The Hall–Kier alpha value is -13.0. The van der Waals surface area contributed by atoms with Crippen molar-refractivity contribution in [3.8, 4) is 67.5 Å². The molecule has 0 N–H and O–H groups in total. The largest absolute Gasteiger partial charge is 0.223 e. The van der Waals surface area contributed by atoms with Gasteiger partial charge in [-0.05, 0) is 391 Å². The molecule has 25 rings (SSSR count). The van der Waals surface area contributed by atoms with E-state index in [1.165, 1.54) is 258 Å². The van der Waals surface area contributed by atoms with Gasteiger partial charge in [-0.25, -0.2) is 8.78 Å². The fourth-order valence-corrected chi connectivity index (χ4v) is 25.8. The number of benzene rings is 12. The van der Waals surface area contributed by atoms with Gasteiger partial charge in [0.1, 0.15) is 53.9 Å². The van der Waals surface area contributed by atoms with Crippen molar-refractivity contribution in [3.05, 3.63) is 386 Å². The Bertz CT molecular complexity index is 8340. The second-order valence-corrected chi connectivity index (χ2v) is 44.7. The average Bonchev–Trinajstić information content (AvgIpc) is 1.66. The van der Waals surface area contributed by atoms with Crippen molar-refractivity contribution in [2.45, 2.75) is 259 Å². The van der Waals surface area contributed by atoms with Crippen LogP contribution in [0.3, 0.4) is 0 Å². The van der Waals surface area contributed by atoms with E-state index in [4.69, 9.17) is 0 Å². The molecule has 18 aromatic rings. The van der Waals surface area contributed by atoms with E-state index >= 15 is 4.39 Å². The number of hydrogen-bond donors (Lipinski definition) is 0. The first-order valence-electron chi connectivity index (χ1n) is 52.6. The fraction of sp³-hybridized carbons (Fsp3) is 0.333. The Morgan fingerprint density at radius 3 is 1.04 bits per heavy atom. The van der Waals surface area contributed by atoms with Crippen molar-refractivity contribution in [1.82, 2.24) is 0 Å². The molecule has 7 aliphatic carbocycles. The Morgan fingerprint density at radius 2 is 0.601 bits per heavy atom. The predicted molar refractivity (Wildman–Crippen MR) is 595 cm³/mol. The van der Waals surface area contributed by atoms with Gasteiger partial charge in [0.15, 0.2) is 34.2 Å². The topological polar surface area (TPSA) is 23.3 Å². The summed E-state index contributed by atoms with van der Waals surface area (Å²) in [5.74, 6) is 3.03. The standard InChI is InChI=1S/C25H28N.C24H26N.2C22H24N.2C21H23FN/c1-15-5-6-20-13-17(3)26(4)25(24(20)11-15)21-14-23-19-9-7-18(8-10-19)22(23)12-16(21)2;1-14-5-6-17-11-16(3)25(4)24(23(17)9-14)20-13-22-19-8-7-18(12-19)21(22)10-15(20)2;1-13-8-7-9-17-18(13)21-19-16(12-15(3)23(21)6)11-10-14(2)20(19)22(17,4)5;1-14-8-9-19-12-16(3)23(4)22(21(19)10-14)20-13-18-7-5-6-17(18)11-15(20)2;1-12-7-8-17-11-14(3)23(6)21(19(17)9-12)18-10-13(2)20(22)16(5)15(18)4;1-12-7-8-17-11-15(4)23(6)21(18(17)9-12)19-16(5)13(2)10-14(3)20(19)22/h5-6,11-14,18-19H,7-10H2,1-4H3;5-6,9-11,13,18-19H,7-8,12H2,1-4H3;7-12H,1-6H3;8-13H,5-7H2,1-4H3;2*7-11H,1-6H3/q6*+1. The zero-order chi connectivity index (χ0) is 102. The third-order valence-electron chi connectivity index (χ3n) is 34.6. The molecular weight excluding hydrogens is 1740 g/mol. The summed E-state index contributed by atoms with van der Waals surface area (Å²) in [5.41, 5.74) is 54.0. The maximum Gasteiger partial charge on any atom is 0.223 e. The van der Waals surface area contributed by atoms with E-state index in [-0.39, 0.29) is 17.0 Å². The van der Waals surface area contributed by atoms with Crippen LogP contribution in [0, 0.1) is 164 Å². The summed E-state index contributed by atoms with van der Waals surface area (Å²) < 4.78 is 43.1. The lowest BCUT2D eigenvalue weighted by atomic mass is 9.66. The molecule has 8 heteroatoms. The second kappa shape index (κ2) is 38.2. The van der Waals surface area contributed by atoms with Crippen LogP contribution in [-0.2, 0) is 60.5 Å². The Labute approximate surface area is 849 Å². The van der Waals surface area contributed by atoms with Crippen LogP contribution in [0.15, 0.2) is 206 Å². The first-order chi connectivity index (χ1) is 68.0. The lowest BCUT2D eigenvalue weighted by molar-refractivity contribution is -0.665. The molecule has 2 unspecified atom stereocenters. The predicted octanol–water partition coefficient (Wildman–Crippen LogP) is 31.3. The van der Waals surface area contributed by atoms with Crippen molar-refractivity contribution in [2.24, 2.45) is 42.3 Å². The summed E-state index contributed by atoms with van der Waals surface area (Å²) in [5, 5.41) is 15.6. The van der Waals surface area contributed by atoms with Gasteiger partial charge >= 0.3 is 0 Å². The smallest absolute Gasteiger partial charge is 0.206 e. The molecule has 0 amide bonds. The van der Waals surface area contributed by atoms with Gasteiger partial charge < -0.3 is 0 Å². The summed E-state index contributed by atoms with van der Waals surface area (Å²) in [6.07, 6.45) is 13.5. The van der Waals surface area contributed by atoms with Crippen molar-refractivity contribution in [2.75, 3.05) is 0 Å². The number of nitrogens with zero attached hydrogens (tertiary/aromatic N) is 6. The minimum Gasteiger partial charge on any atom is -0.206 e. The van der Waals surface area contributed by atoms with Gasteiger partial charge in [0.25, 0.3) is 0 Å². The van der Waals surface area contributed by atoms with Gasteiger partial charge in [-0.1, -0.05) is 157 Å². The maximum absolute atomic E-state index is 15.1. The molecule has 2 fully saturated rings. The van der Waals surface area contributed by atoms with Gasteiger partial charge in [0.05, 0.1) is 65.7 Å². The minimum absolute atomic E-state index is 0.0280. The van der Waals surface area contributed by atoms with Gasteiger partial charge in [-0.3, -0.25) is 0 Å². The van der Waals surface area contributed by atoms with E-state index in [0.29, 0.717) is 11.1 Å². The van der Waals surface area contributed by atoms with Crippen LogP contribution in [0.2, 0.25) is 0 Å². The third-order valence-corrected chi connectivity index (χ3v) is 34.6. The Kier molecular flexibility index (Phi) is 26.4. The summed E-state index contributed by atoms with van der Waals surface area (Å²) >= 11 is 0. The molecule has 6 nitrogen and oxygen atoms in total. The molecule has 143 heavy (non-hydrogen) atoms. The van der Waals surface area contributed by atoms with E-state index in [1.807, 2.05) is 53.8 Å². The van der Waals surface area contributed by atoms with Crippen molar-refractivity contribution in [3.63, 3.8) is 0 Å². The zero-order valence-corrected chi connectivity index (χ0v) is 90.9. The highest BCUT2D eigenvalue weighted by Gasteiger charge is 2.43. The molecule has 2 saturated carbocycles. The van der Waals surface area contributed by atoms with E-state index in [9.17, 15) is 4.39 Å². The molecule has 6 heterocycles. The Balaban J connectivity index is 0.000000109. The van der Waals surface area contributed by atoms with Crippen LogP contribution in [-0.4, -0.2) is 0 Å². The molecule has 6 aromatic heterocycles. The number of halogens is 2. The molecule has 0 spiro atoms. The quantitative estimate of drug-likeness (QED) is 0.153. The molecule has 726 valence electrons. The molecule has 0 saturated heterocycles. The highest BCUT2D eigenvalue weighted by atomic mass is 19.1. The summed E-state index contributed by atoms with van der Waals surface area (Å²) in [6, 6.07) is 77.2. The van der Waals surface area contributed by atoms with Gasteiger partial charge in [-0.15, -0.1) is 0 Å². The first kappa shape index (κ1) is 98.7. The number of hydrogen-bond acceptors (Lipinski definition) is 0. The molecule has 12 aromatic carbocycles. The Morgan fingerprint density at radius 1 is 0.259 bits per heavy atom.